The largest absolute Gasteiger partial charge is 0.468 e. The Kier molecular flexibility index (Phi) is 8.10. The zero-order valence-corrected chi connectivity index (χ0v) is 17.1. The van der Waals surface area contributed by atoms with Crippen molar-refractivity contribution in [2.45, 2.75) is 19.9 Å². The van der Waals surface area contributed by atoms with Crippen LogP contribution in [-0.4, -0.2) is 43.4 Å². The molecule has 0 saturated carbocycles. The number of rotatable bonds is 8. The second kappa shape index (κ2) is 10.8. The van der Waals surface area contributed by atoms with Crippen LogP contribution in [0.5, 0.6) is 0 Å². The summed E-state index contributed by atoms with van der Waals surface area (Å²) in [5.41, 5.74) is 1.28. The number of carbonyl (C=O) groups is 4. The summed E-state index contributed by atoms with van der Waals surface area (Å²) in [6, 6.07) is 14.1. The van der Waals surface area contributed by atoms with Crippen molar-refractivity contribution in [1.29, 1.82) is 0 Å². The van der Waals surface area contributed by atoms with Gasteiger partial charge in [-0.05, 0) is 42.3 Å². The summed E-state index contributed by atoms with van der Waals surface area (Å²) in [5, 5.41) is 7.93. The third-order valence-electron chi connectivity index (χ3n) is 4.31. The molecular formula is C22H25N3O5. The van der Waals surface area contributed by atoms with Crippen molar-refractivity contribution in [2.75, 3.05) is 19.0 Å². The van der Waals surface area contributed by atoms with Gasteiger partial charge < -0.3 is 20.7 Å². The Morgan fingerprint density at radius 1 is 0.867 bits per heavy atom. The van der Waals surface area contributed by atoms with Gasteiger partial charge in [0.05, 0.1) is 7.11 Å². The summed E-state index contributed by atoms with van der Waals surface area (Å²) >= 11 is 0. The smallest absolute Gasteiger partial charge is 0.325 e. The molecule has 8 heteroatoms. The molecule has 0 heterocycles. The van der Waals surface area contributed by atoms with Crippen molar-refractivity contribution in [3.05, 3.63) is 65.7 Å². The van der Waals surface area contributed by atoms with Crippen LogP contribution < -0.4 is 16.0 Å². The first-order valence-corrected chi connectivity index (χ1v) is 9.43. The van der Waals surface area contributed by atoms with Gasteiger partial charge in [0.1, 0.15) is 12.6 Å². The van der Waals surface area contributed by atoms with Gasteiger partial charge in [-0.3, -0.25) is 19.2 Å². The lowest BCUT2D eigenvalue weighted by atomic mass is 10.0. The Morgan fingerprint density at radius 3 is 2.03 bits per heavy atom. The Balaban J connectivity index is 1.99. The second-order valence-corrected chi connectivity index (χ2v) is 6.89. The quantitative estimate of drug-likeness (QED) is 0.575. The minimum atomic E-state index is -0.735. The van der Waals surface area contributed by atoms with Crippen molar-refractivity contribution in [3.8, 4) is 0 Å². The van der Waals surface area contributed by atoms with Crippen LogP contribution in [0.15, 0.2) is 54.6 Å². The van der Waals surface area contributed by atoms with Crippen LogP contribution in [-0.2, 0) is 14.3 Å². The van der Waals surface area contributed by atoms with Gasteiger partial charge in [0.15, 0.2) is 0 Å². The Hall–Kier alpha value is -3.68. The number of benzene rings is 2. The molecule has 0 spiro atoms. The number of nitrogens with one attached hydrogen (secondary N) is 3. The highest BCUT2D eigenvalue weighted by molar-refractivity contribution is 6.01. The van der Waals surface area contributed by atoms with Crippen LogP contribution in [0.25, 0.3) is 0 Å². The molecule has 0 aliphatic heterocycles. The molecule has 0 aliphatic carbocycles. The lowest BCUT2D eigenvalue weighted by Gasteiger charge is -2.22. The molecule has 30 heavy (non-hydrogen) atoms. The first kappa shape index (κ1) is 22.6. The molecule has 3 amide bonds. The topological polar surface area (TPSA) is 114 Å². The number of amides is 3. The van der Waals surface area contributed by atoms with Gasteiger partial charge in [-0.25, -0.2) is 0 Å². The van der Waals surface area contributed by atoms with E-state index in [2.05, 4.69) is 20.7 Å². The van der Waals surface area contributed by atoms with Gasteiger partial charge in [0.2, 0.25) is 5.91 Å². The summed E-state index contributed by atoms with van der Waals surface area (Å²) < 4.78 is 4.47. The zero-order valence-electron chi connectivity index (χ0n) is 17.1. The number of carbonyl (C=O) groups excluding carboxylic acids is 4. The Labute approximate surface area is 175 Å². The average molecular weight is 411 g/mol. The lowest BCUT2D eigenvalue weighted by molar-refractivity contribution is -0.139. The molecule has 8 nitrogen and oxygen atoms in total. The van der Waals surface area contributed by atoms with E-state index in [1.165, 1.54) is 19.2 Å². The van der Waals surface area contributed by atoms with Crippen LogP contribution in [0, 0.1) is 5.92 Å². The van der Waals surface area contributed by atoms with Gasteiger partial charge in [-0.15, -0.1) is 0 Å². The van der Waals surface area contributed by atoms with Crippen LogP contribution in [0.3, 0.4) is 0 Å². The molecule has 2 aromatic rings. The molecule has 1 unspecified atom stereocenters. The monoisotopic (exact) mass is 411 g/mol. The van der Waals surface area contributed by atoms with Gasteiger partial charge in [-0.1, -0.05) is 32.0 Å². The first-order valence-electron chi connectivity index (χ1n) is 9.43. The highest BCUT2D eigenvalue weighted by atomic mass is 16.5. The predicted molar refractivity (Wildman–Crippen MR) is 112 cm³/mol. The number of esters is 1. The molecule has 0 aliphatic rings. The normalized spacial score (nSPS) is 11.3. The van der Waals surface area contributed by atoms with Crippen molar-refractivity contribution in [1.82, 2.24) is 10.6 Å². The third kappa shape index (κ3) is 6.44. The molecule has 2 aromatic carbocycles. The van der Waals surface area contributed by atoms with Gasteiger partial charge in [-0.2, -0.15) is 0 Å². The number of anilines is 1. The summed E-state index contributed by atoms with van der Waals surface area (Å²) in [7, 11) is 1.23. The maximum absolute atomic E-state index is 12.7. The second-order valence-electron chi connectivity index (χ2n) is 6.89. The van der Waals surface area contributed by atoms with Crippen molar-refractivity contribution >= 4 is 29.4 Å². The molecule has 1 atom stereocenters. The standard InChI is InChI=1S/C22H25N3O5/c1-14(2)19(25-21(28)15-7-5-4-6-8-15)22(29)24-17-11-9-16(10-12-17)20(27)23-13-18(26)30-3/h4-12,14,19H,13H2,1-3H3,(H,23,27)(H,24,29)(H,25,28). The van der Waals surface area contributed by atoms with E-state index in [0.717, 1.165) is 0 Å². The van der Waals surface area contributed by atoms with E-state index >= 15 is 0 Å². The number of ether oxygens (including phenoxy) is 1. The van der Waals surface area contributed by atoms with E-state index in [1.54, 1.807) is 36.4 Å². The van der Waals surface area contributed by atoms with Crippen LogP contribution >= 0.6 is 0 Å². The molecule has 0 bridgehead atoms. The fourth-order valence-corrected chi connectivity index (χ4v) is 2.60. The van der Waals surface area contributed by atoms with E-state index in [9.17, 15) is 19.2 Å². The van der Waals surface area contributed by atoms with E-state index in [-0.39, 0.29) is 24.3 Å². The molecule has 3 N–H and O–H groups in total. The van der Waals surface area contributed by atoms with Crippen LogP contribution in [0.2, 0.25) is 0 Å². The highest BCUT2D eigenvalue weighted by Gasteiger charge is 2.24. The molecule has 158 valence electrons. The van der Waals surface area contributed by atoms with Gasteiger partial charge in [0.25, 0.3) is 11.8 Å². The molecule has 0 aromatic heterocycles. The number of methoxy groups -OCH3 is 1. The van der Waals surface area contributed by atoms with E-state index in [4.69, 9.17) is 0 Å². The number of hydrogen-bond donors (Lipinski definition) is 3. The molecule has 0 saturated heterocycles. The molecule has 0 fully saturated rings. The van der Waals surface area contributed by atoms with Crippen LogP contribution in [0.1, 0.15) is 34.6 Å². The minimum Gasteiger partial charge on any atom is -0.468 e. The summed E-state index contributed by atoms with van der Waals surface area (Å²) in [5.74, 6) is -1.82. The molecule has 2 rings (SSSR count). The average Bonchev–Trinajstić information content (AvgIpc) is 2.76. The molecular weight excluding hydrogens is 386 g/mol. The van der Waals surface area contributed by atoms with Crippen molar-refractivity contribution in [2.24, 2.45) is 5.92 Å². The lowest BCUT2D eigenvalue weighted by Crippen LogP contribution is -2.47. The van der Waals surface area contributed by atoms with E-state index < -0.39 is 17.9 Å². The van der Waals surface area contributed by atoms with Gasteiger partial charge in [0, 0.05) is 16.8 Å². The van der Waals surface area contributed by atoms with Crippen molar-refractivity contribution in [3.63, 3.8) is 0 Å². The fourth-order valence-electron chi connectivity index (χ4n) is 2.60. The van der Waals surface area contributed by atoms with Gasteiger partial charge >= 0.3 is 5.97 Å². The SMILES string of the molecule is COC(=O)CNC(=O)c1ccc(NC(=O)C(NC(=O)c2ccccc2)C(C)C)cc1. The summed E-state index contributed by atoms with van der Waals surface area (Å²) in [6.07, 6.45) is 0. The van der Waals surface area contributed by atoms with E-state index in [1.807, 2.05) is 19.9 Å². The van der Waals surface area contributed by atoms with Crippen LogP contribution in [0.4, 0.5) is 5.69 Å². The highest BCUT2D eigenvalue weighted by Crippen LogP contribution is 2.12. The molecule has 0 radical (unpaired) electrons. The van der Waals surface area contributed by atoms with Crippen molar-refractivity contribution < 1.29 is 23.9 Å². The minimum absolute atomic E-state index is 0.138. The first-order chi connectivity index (χ1) is 14.3. The maximum atomic E-state index is 12.7. The maximum Gasteiger partial charge on any atom is 0.325 e. The Morgan fingerprint density at radius 2 is 1.47 bits per heavy atom. The van der Waals surface area contributed by atoms with E-state index in [0.29, 0.717) is 16.8 Å². The predicted octanol–water partition coefficient (Wildman–Crippen LogP) is 1.98. The zero-order chi connectivity index (χ0) is 22.1. The third-order valence-corrected chi connectivity index (χ3v) is 4.31. The fraction of sp³-hybridized carbons (Fsp3) is 0.273. The summed E-state index contributed by atoms with van der Waals surface area (Å²) in [4.78, 5) is 48.2. The summed E-state index contributed by atoms with van der Waals surface area (Å²) in [6.45, 7) is 3.44. The number of hydrogen-bond acceptors (Lipinski definition) is 5. The Bertz CT molecular complexity index is 895.